The summed E-state index contributed by atoms with van der Waals surface area (Å²) in [4.78, 5) is 11.2. The minimum Gasteiger partial charge on any atom is -0.377 e. The van der Waals surface area contributed by atoms with Crippen molar-refractivity contribution in [2.24, 2.45) is 0 Å². The van der Waals surface area contributed by atoms with Gasteiger partial charge in [0.15, 0.2) is 5.78 Å². The lowest BCUT2D eigenvalue weighted by Gasteiger charge is -2.07. The van der Waals surface area contributed by atoms with E-state index in [1.807, 2.05) is 0 Å². The van der Waals surface area contributed by atoms with Gasteiger partial charge >= 0.3 is 6.18 Å². The monoisotopic (exact) mass is 218 g/mol. The minimum atomic E-state index is -4.43. The molecule has 0 aliphatic rings. The van der Waals surface area contributed by atoms with E-state index >= 15 is 0 Å². The average molecular weight is 218 g/mol. The molecule has 1 aromatic carbocycles. The van der Waals surface area contributed by atoms with Crippen LogP contribution in [0.3, 0.4) is 0 Å². The lowest BCUT2D eigenvalue weighted by atomic mass is 10.1. The number of methoxy groups -OCH3 is 1. The van der Waals surface area contributed by atoms with Gasteiger partial charge in [-0.1, -0.05) is 12.1 Å². The summed E-state index contributed by atoms with van der Waals surface area (Å²) in [5.41, 5.74) is -0.823. The number of carbonyl (C=O) groups excluding carboxylic acids is 1. The molecule has 5 heteroatoms. The predicted octanol–water partition coefficient (Wildman–Crippen LogP) is 2.53. The number of rotatable bonds is 3. The van der Waals surface area contributed by atoms with Gasteiger partial charge in [-0.05, 0) is 12.1 Å². The van der Waals surface area contributed by atoms with E-state index in [4.69, 9.17) is 0 Å². The van der Waals surface area contributed by atoms with Crippen LogP contribution in [-0.4, -0.2) is 19.5 Å². The second-order valence-corrected chi connectivity index (χ2v) is 2.93. The molecule has 0 bridgehead atoms. The largest absolute Gasteiger partial charge is 0.416 e. The van der Waals surface area contributed by atoms with E-state index in [1.54, 1.807) is 0 Å². The first kappa shape index (κ1) is 11.7. The van der Waals surface area contributed by atoms with Crippen LogP contribution in [0, 0.1) is 0 Å². The maximum atomic E-state index is 12.3. The first-order valence-electron chi connectivity index (χ1n) is 4.14. The number of ketones is 1. The topological polar surface area (TPSA) is 26.3 Å². The molecule has 0 radical (unpaired) electrons. The maximum absolute atomic E-state index is 12.3. The molecule has 0 heterocycles. The van der Waals surface area contributed by atoms with Crippen LogP contribution < -0.4 is 0 Å². The summed E-state index contributed by atoms with van der Waals surface area (Å²) in [5.74, 6) is -0.469. The SMILES string of the molecule is COCC(=O)c1cccc(C(F)(F)F)c1. The molecule has 0 aromatic heterocycles. The van der Waals surface area contributed by atoms with Gasteiger partial charge in [-0.2, -0.15) is 13.2 Å². The molecule has 0 fully saturated rings. The Hall–Kier alpha value is -1.36. The number of benzene rings is 1. The smallest absolute Gasteiger partial charge is 0.377 e. The van der Waals surface area contributed by atoms with E-state index < -0.39 is 17.5 Å². The Balaban J connectivity index is 2.98. The highest BCUT2D eigenvalue weighted by atomic mass is 19.4. The van der Waals surface area contributed by atoms with E-state index in [2.05, 4.69) is 4.74 Å². The number of carbonyl (C=O) groups is 1. The van der Waals surface area contributed by atoms with E-state index in [-0.39, 0.29) is 12.2 Å². The highest BCUT2D eigenvalue weighted by Crippen LogP contribution is 2.29. The van der Waals surface area contributed by atoms with Crippen LogP contribution >= 0.6 is 0 Å². The van der Waals surface area contributed by atoms with Crippen LogP contribution in [0.2, 0.25) is 0 Å². The van der Waals surface area contributed by atoms with Gasteiger partial charge in [0.1, 0.15) is 6.61 Å². The molecule has 15 heavy (non-hydrogen) atoms. The van der Waals surface area contributed by atoms with Gasteiger partial charge in [0.25, 0.3) is 0 Å². The summed E-state index contributed by atoms with van der Waals surface area (Å²) < 4.78 is 41.4. The van der Waals surface area contributed by atoms with Crippen molar-refractivity contribution in [2.45, 2.75) is 6.18 Å². The first-order chi connectivity index (χ1) is 6.95. The third-order valence-corrected chi connectivity index (χ3v) is 1.79. The zero-order valence-corrected chi connectivity index (χ0v) is 7.97. The lowest BCUT2D eigenvalue weighted by molar-refractivity contribution is -0.137. The van der Waals surface area contributed by atoms with Crippen LogP contribution in [0.25, 0.3) is 0 Å². The molecule has 0 saturated carbocycles. The highest BCUT2D eigenvalue weighted by molar-refractivity contribution is 5.97. The van der Waals surface area contributed by atoms with E-state index in [1.165, 1.54) is 19.2 Å². The molecule has 0 aliphatic heterocycles. The molecule has 0 atom stereocenters. The van der Waals surface area contributed by atoms with Gasteiger partial charge in [-0.25, -0.2) is 0 Å². The maximum Gasteiger partial charge on any atom is 0.416 e. The number of halogens is 3. The fraction of sp³-hybridized carbons (Fsp3) is 0.300. The first-order valence-corrected chi connectivity index (χ1v) is 4.14. The van der Waals surface area contributed by atoms with E-state index in [9.17, 15) is 18.0 Å². The third kappa shape index (κ3) is 3.06. The van der Waals surface area contributed by atoms with Crippen LogP contribution in [0.5, 0.6) is 0 Å². The van der Waals surface area contributed by atoms with Gasteiger partial charge in [0.2, 0.25) is 0 Å². The molecule has 0 unspecified atom stereocenters. The zero-order valence-electron chi connectivity index (χ0n) is 7.97. The van der Waals surface area contributed by atoms with Gasteiger partial charge in [-0.3, -0.25) is 4.79 Å². The molecule has 1 aromatic rings. The Morgan fingerprint density at radius 1 is 1.40 bits per heavy atom. The van der Waals surface area contributed by atoms with Crippen molar-refractivity contribution in [1.82, 2.24) is 0 Å². The summed E-state index contributed by atoms with van der Waals surface area (Å²) in [6, 6.07) is 4.27. The second-order valence-electron chi connectivity index (χ2n) is 2.93. The van der Waals surface area contributed by atoms with Crippen molar-refractivity contribution in [2.75, 3.05) is 13.7 Å². The van der Waals surface area contributed by atoms with Crippen LogP contribution in [0.1, 0.15) is 15.9 Å². The van der Waals surface area contributed by atoms with Crippen LogP contribution in [0.15, 0.2) is 24.3 Å². The lowest BCUT2D eigenvalue weighted by Crippen LogP contribution is -2.10. The minimum absolute atomic E-state index is 0.00618. The Labute approximate surface area is 84.7 Å². The fourth-order valence-electron chi connectivity index (χ4n) is 1.08. The third-order valence-electron chi connectivity index (χ3n) is 1.79. The summed E-state index contributed by atoms with van der Waals surface area (Å²) in [7, 11) is 1.31. The highest BCUT2D eigenvalue weighted by Gasteiger charge is 2.30. The van der Waals surface area contributed by atoms with E-state index in [0.29, 0.717) is 0 Å². The van der Waals surface area contributed by atoms with Gasteiger partial charge in [-0.15, -0.1) is 0 Å². The molecule has 0 amide bonds. The van der Waals surface area contributed by atoms with Crippen molar-refractivity contribution in [3.8, 4) is 0 Å². The Morgan fingerprint density at radius 2 is 2.07 bits per heavy atom. The molecular formula is C10H9F3O2. The predicted molar refractivity (Wildman–Crippen MR) is 47.7 cm³/mol. The number of Topliss-reactive ketones (excluding diaryl/α,β-unsaturated/α-hetero) is 1. The summed E-state index contributed by atoms with van der Waals surface area (Å²) in [6.45, 7) is -0.221. The summed E-state index contributed by atoms with van der Waals surface area (Å²) in [6.07, 6.45) is -4.43. The fourth-order valence-corrected chi connectivity index (χ4v) is 1.08. The van der Waals surface area contributed by atoms with Gasteiger partial charge in [0.05, 0.1) is 5.56 Å². The molecule has 0 saturated heterocycles. The Morgan fingerprint density at radius 3 is 2.60 bits per heavy atom. The van der Waals surface area contributed by atoms with Gasteiger partial charge < -0.3 is 4.74 Å². The molecule has 0 N–H and O–H groups in total. The van der Waals surface area contributed by atoms with Crippen molar-refractivity contribution >= 4 is 5.78 Å². The average Bonchev–Trinajstić information content (AvgIpc) is 2.17. The molecule has 0 spiro atoms. The van der Waals surface area contributed by atoms with Crippen LogP contribution in [-0.2, 0) is 10.9 Å². The molecule has 82 valence electrons. The Kier molecular flexibility index (Phi) is 3.47. The second kappa shape index (κ2) is 4.44. The normalized spacial score (nSPS) is 11.5. The standard InChI is InChI=1S/C10H9F3O2/c1-15-6-9(14)7-3-2-4-8(5-7)10(11,12)13/h2-5H,6H2,1H3. The number of hydrogen-bond donors (Lipinski definition) is 0. The van der Waals surface area contributed by atoms with Crippen molar-refractivity contribution in [3.63, 3.8) is 0 Å². The summed E-state index contributed by atoms with van der Waals surface area (Å²) in [5, 5.41) is 0. The zero-order chi connectivity index (χ0) is 11.5. The molecule has 2 nitrogen and oxygen atoms in total. The van der Waals surface area contributed by atoms with Crippen LogP contribution in [0.4, 0.5) is 13.2 Å². The quantitative estimate of drug-likeness (QED) is 0.729. The molecule has 1 rings (SSSR count). The molecular weight excluding hydrogens is 209 g/mol. The molecule has 0 aliphatic carbocycles. The van der Waals surface area contributed by atoms with Crippen molar-refractivity contribution in [3.05, 3.63) is 35.4 Å². The number of alkyl halides is 3. The number of hydrogen-bond acceptors (Lipinski definition) is 2. The van der Waals surface area contributed by atoms with Crippen molar-refractivity contribution in [1.29, 1.82) is 0 Å². The van der Waals surface area contributed by atoms with Crippen molar-refractivity contribution < 1.29 is 22.7 Å². The number of ether oxygens (including phenoxy) is 1. The summed E-state index contributed by atoms with van der Waals surface area (Å²) >= 11 is 0. The van der Waals surface area contributed by atoms with Gasteiger partial charge in [0, 0.05) is 12.7 Å². The van der Waals surface area contributed by atoms with E-state index in [0.717, 1.165) is 12.1 Å². The Bertz CT molecular complexity index is 358.